The summed E-state index contributed by atoms with van der Waals surface area (Å²) in [4.78, 5) is 12.7. The highest BCUT2D eigenvalue weighted by Gasteiger charge is 2.37. The van der Waals surface area contributed by atoms with Crippen LogP contribution >= 0.6 is 0 Å². The van der Waals surface area contributed by atoms with Gasteiger partial charge in [0.1, 0.15) is 5.52 Å². The Bertz CT molecular complexity index is 562. The molecule has 2 bridgehead atoms. The SMILES string of the molecule is CN1C2CCC1CN(c1cccc3[nH]cnc13)C2. The number of nitrogens with one attached hydrogen (secondary N) is 1. The summed E-state index contributed by atoms with van der Waals surface area (Å²) in [6.45, 7) is 2.28. The van der Waals surface area contributed by atoms with Gasteiger partial charge in [-0.3, -0.25) is 4.90 Å². The van der Waals surface area contributed by atoms with Crippen molar-refractivity contribution >= 4 is 16.7 Å². The van der Waals surface area contributed by atoms with Crippen LogP contribution in [0.4, 0.5) is 5.69 Å². The van der Waals surface area contributed by atoms with E-state index in [1.54, 1.807) is 6.33 Å². The number of nitrogens with zero attached hydrogens (tertiary/aromatic N) is 3. The highest BCUT2D eigenvalue weighted by atomic mass is 15.3. The largest absolute Gasteiger partial charge is 0.367 e. The number of fused-ring (bicyclic) bond motifs is 3. The zero-order valence-electron chi connectivity index (χ0n) is 10.6. The number of aromatic amines is 1. The van der Waals surface area contributed by atoms with E-state index in [0.29, 0.717) is 0 Å². The molecule has 1 aromatic heterocycles. The summed E-state index contributed by atoms with van der Waals surface area (Å²) in [7, 11) is 2.27. The standard InChI is InChI=1S/C14H18N4/c1-17-10-5-6-11(17)8-18(7-10)13-4-2-3-12-14(13)16-9-15-12/h2-4,9-11H,5-8H2,1H3,(H,15,16). The van der Waals surface area contributed by atoms with E-state index < -0.39 is 0 Å². The molecule has 2 fully saturated rings. The summed E-state index contributed by atoms with van der Waals surface area (Å²) >= 11 is 0. The number of hydrogen-bond acceptors (Lipinski definition) is 3. The topological polar surface area (TPSA) is 35.2 Å². The van der Waals surface area contributed by atoms with Crippen molar-refractivity contribution < 1.29 is 0 Å². The number of aromatic nitrogens is 2. The molecule has 2 saturated heterocycles. The first kappa shape index (κ1) is 10.4. The Labute approximate surface area is 107 Å². The molecule has 2 atom stereocenters. The molecule has 2 unspecified atom stereocenters. The van der Waals surface area contributed by atoms with Crippen molar-refractivity contribution in [1.29, 1.82) is 0 Å². The minimum atomic E-state index is 0.720. The highest BCUT2D eigenvalue weighted by molar-refractivity contribution is 5.88. The van der Waals surface area contributed by atoms with Crippen molar-refractivity contribution in [2.24, 2.45) is 0 Å². The molecule has 2 aliphatic rings. The van der Waals surface area contributed by atoms with Crippen LogP contribution in [0.1, 0.15) is 12.8 Å². The van der Waals surface area contributed by atoms with Crippen LogP contribution in [0.3, 0.4) is 0 Å². The van der Waals surface area contributed by atoms with E-state index in [2.05, 4.69) is 45.0 Å². The summed E-state index contributed by atoms with van der Waals surface area (Å²) in [6, 6.07) is 7.86. The monoisotopic (exact) mass is 242 g/mol. The molecular formula is C14H18N4. The zero-order valence-corrected chi connectivity index (χ0v) is 10.6. The third-order valence-corrected chi connectivity index (χ3v) is 4.62. The van der Waals surface area contributed by atoms with Gasteiger partial charge in [-0.25, -0.2) is 4.98 Å². The van der Waals surface area contributed by atoms with Gasteiger partial charge in [-0.1, -0.05) is 6.07 Å². The lowest BCUT2D eigenvalue weighted by Gasteiger charge is -2.40. The normalized spacial score (nSPS) is 28.2. The molecule has 4 nitrogen and oxygen atoms in total. The lowest BCUT2D eigenvalue weighted by atomic mass is 10.1. The molecule has 4 heteroatoms. The van der Waals surface area contributed by atoms with Gasteiger partial charge < -0.3 is 9.88 Å². The minimum Gasteiger partial charge on any atom is -0.367 e. The Kier molecular flexibility index (Phi) is 2.14. The summed E-state index contributed by atoms with van der Waals surface area (Å²) in [5.74, 6) is 0. The summed E-state index contributed by atoms with van der Waals surface area (Å²) in [6.07, 6.45) is 4.47. The van der Waals surface area contributed by atoms with Crippen molar-refractivity contribution in [1.82, 2.24) is 14.9 Å². The van der Waals surface area contributed by atoms with Gasteiger partial charge in [0.15, 0.2) is 0 Å². The Hall–Kier alpha value is -1.55. The van der Waals surface area contributed by atoms with Gasteiger partial charge in [0.05, 0.1) is 17.5 Å². The number of hydrogen-bond donors (Lipinski definition) is 1. The fourth-order valence-electron chi connectivity index (χ4n) is 3.52. The molecule has 2 aliphatic heterocycles. The number of benzene rings is 1. The number of imidazole rings is 1. The van der Waals surface area contributed by atoms with Crippen LogP contribution in [0.25, 0.3) is 11.0 Å². The molecule has 3 heterocycles. The maximum absolute atomic E-state index is 4.47. The Morgan fingerprint density at radius 2 is 2.00 bits per heavy atom. The molecule has 0 aliphatic carbocycles. The third-order valence-electron chi connectivity index (χ3n) is 4.62. The van der Waals surface area contributed by atoms with Crippen molar-refractivity contribution in [3.8, 4) is 0 Å². The Balaban J connectivity index is 1.74. The Morgan fingerprint density at radius 3 is 2.78 bits per heavy atom. The molecule has 1 N–H and O–H groups in total. The van der Waals surface area contributed by atoms with Gasteiger partial charge in [-0.15, -0.1) is 0 Å². The highest BCUT2D eigenvalue weighted by Crippen LogP contribution is 2.33. The molecule has 94 valence electrons. The van der Waals surface area contributed by atoms with Crippen molar-refractivity contribution in [3.63, 3.8) is 0 Å². The van der Waals surface area contributed by atoms with Crippen LogP contribution in [0.5, 0.6) is 0 Å². The van der Waals surface area contributed by atoms with E-state index in [0.717, 1.165) is 36.2 Å². The minimum absolute atomic E-state index is 0.720. The van der Waals surface area contributed by atoms with E-state index >= 15 is 0 Å². The van der Waals surface area contributed by atoms with Crippen molar-refractivity contribution in [3.05, 3.63) is 24.5 Å². The molecule has 4 rings (SSSR count). The fraction of sp³-hybridized carbons (Fsp3) is 0.500. The van der Waals surface area contributed by atoms with Crippen LogP contribution in [-0.4, -0.2) is 47.1 Å². The zero-order chi connectivity index (χ0) is 12.1. The lowest BCUT2D eigenvalue weighted by Crippen LogP contribution is -2.52. The number of piperazine rings is 1. The van der Waals surface area contributed by atoms with Crippen LogP contribution in [0, 0.1) is 0 Å². The summed E-state index contributed by atoms with van der Waals surface area (Å²) < 4.78 is 0. The number of para-hydroxylation sites is 1. The second-order valence-corrected chi connectivity index (χ2v) is 5.53. The van der Waals surface area contributed by atoms with Crippen LogP contribution in [-0.2, 0) is 0 Å². The lowest BCUT2D eigenvalue weighted by molar-refractivity contribution is 0.212. The number of likely N-dealkylation sites (N-methyl/N-ethyl adjacent to an activating group) is 1. The smallest absolute Gasteiger partial charge is 0.112 e. The van der Waals surface area contributed by atoms with Crippen LogP contribution in [0.2, 0.25) is 0 Å². The molecule has 0 spiro atoms. The van der Waals surface area contributed by atoms with Crippen LogP contribution in [0.15, 0.2) is 24.5 Å². The molecule has 1 aromatic carbocycles. The average Bonchev–Trinajstić information content (AvgIpc) is 2.91. The fourth-order valence-corrected chi connectivity index (χ4v) is 3.52. The molecule has 18 heavy (non-hydrogen) atoms. The van der Waals surface area contributed by atoms with E-state index in [-0.39, 0.29) is 0 Å². The van der Waals surface area contributed by atoms with Crippen molar-refractivity contribution in [2.75, 3.05) is 25.0 Å². The number of rotatable bonds is 1. The predicted octanol–water partition coefficient (Wildman–Crippen LogP) is 1.85. The predicted molar refractivity (Wildman–Crippen MR) is 72.9 cm³/mol. The molecular weight excluding hydrogens is 224 g/mol. The molecule has 0 radical (unpaired) electrons. The van der Waals surface area contributed by atoms with Crippen LogP contribution < -0.4 is 4.90 Å². The second kappa shape index (κ2) is 3.72. The summed E-state index contributed by atoms with van der Waals surface area (Å²) in [5.41, 5.74) is 3.54. The molecule has 0 amide bonds. The second-order valence-electron chi connectivity index (χ2n) is 5.53. The Morgan fingerprint density at radius 1 is 1.22 bits per heavy atom. The number of anilines is 1. The molecule has 2 aromatic rings. The van der Waals surface area contributed by atoms with Gasteiger partial charge >= 0.3 is 0 Å². The summed E-state index contributed by atoms with van der Waals surface area (Å²) in [5, 5.41) is 0. The van der Waals surface area contributed by atoms with Gasteiger partial charge in [0.25, 0.3) is 0 Å². The van der Waals surface area contributed by atoms with E-state index in [1.165, 1.54) is 18.5 Å². The van der Waals surface area contributed by atoms with Gasteiger partial charge in [0, 0.05) is 25.2 Å². The quantitative estimate of drug-likeness (QED) is 0.829. The maximum atomic E-state index is 4.47. The first-order valence-electron chi connectivity index (χ1n) is 6.72. The van der Waals surface area contributed by atoms with Gasteiger partial charge in [-0.2, -0.15) is 0 Å². The van der Waals surface area contributed by atoms with Gasteiger partial charge in [0.2, 0.25) is 0 Å². The third kappa shape index (κ3) is 1.38. The van der Waals surface area contributed by atoms with E-state index in [9.17, 15) is 0 Å². The van der Waals surface area contributed by atoms with Gasteiger partial charge in [-0.05, 0) is 32.0 Å². The maximum Gasteiger partial charge on any atom is 0.112 e. The number of H-pyrrole nitrogens is 1. The first-order valence-corrected chi connectivity index (χ1v) is 6.72. The van der Waals surface area contributed by atoms with Crippen molar-refractivity contribution in [2.45, 2.75) is 24.9 Å². The first-order chi connectivity index (χ1) is 8.83. The van der Waals surface area contributed by atoms with E-state index in [1.807, 2.05) is 0 Å². The van der Waals surface area contributed by atoms with E-state index in [4.69, 9.17) is 0 Å². The molecule has 0 saturated carbocycles. The average molecular weight is 242 g/mol.